The SMILES string of the molecule is COC(=O)C(C)N1CCN(c2cccc(OC)c2)CC1. The summed E-state index contributed by atoms with van der Waals surface area (Å²) in [4.78, 5) is 16.0. The first kappa shape index (κ1) is 14.7. The minimum Gasteiger partial charge on any atom is -0.497 e. The largest absolute Gasteiger partial charge is 0.497 e. The van der Waals surface area contributed by atoms with Crippen molar-refractivity contribution in [3.63, 3.8) is 0 Å². The van der Waals surface area contributed by atoms with E-state index in [-0.39, 0.29) is 12.0 Å². The van der Waals surface area contributed by atoms with Gasteiger partial charge in [0.25, 0.3) is 0 Å². The van der Waals surface area contributed by atoms with Crippen molar-refractivity contribution in [3.8, 4) is 5.75 Å². The standard InChI is InChI=1S/C15H22N2O3/c1-12(15(18)20-3)16-7-9-17(10-8-16)13-5-4-6-14(11-13)19-2/h4-6,11-12H,7-10H2,1-3H3. The number of methoxy groups -OCH3 is 2. The molecule has 5 nitrogen and oxygen atoms in total. The molecule has 0 aliphatic carbocycles. The fourth-order valence-corrected chi connectivity index (χ4v) is 2.49. The van der Waals surface area contributed by atoms with Crippen LogP contribution in [0.1, 0.15) is 6.92 Å². The molecule has 0 radical (unpaired) electrons. The van der Waals surface area contributed by atoms with Gasteiger partial charge < -0.3 is 14.4 Å². The summed E-state index contributed by atoms with van der Waals surface area (Å²) in [6, 6.07) is 7.89. The van der Waals surface area contributed by atoms with Gasteiger partial charge in [0.15, 0.2) is 0 Å². The molecule has 1 saturated heterocycles. The van der Waals surface area contributed by atoms with Crippen LogP contribution < -0.4 is 9.64 Å². The van der Waals surface area contributed by atoms with Gasteiger partial charge in [-0.25, -0.2) is 0 Å². The first-order chi connectivity index (χ1) is 9.65. The maximum atomic E-state index is 11.6. The molecule has 1 aromatic rings. The van der Waals surface area contributed by atoms with Gasteiger partial charge in [-0.3, -0.25) is 9.69 Å². The monoisotopic (exact) mass is 278 g/mol. The maximum absolute atomic E-state index is 11.6. The summed E-state index contributed by atoms with van der Waals surface area (Å²) in [6.07, 6.45) is 0. The van der Waals surface area contributed by atoms with Crippen molar-refractivity contribution in [1.29, 1.82) is 0 Å². The van der Waals surface area contributed by atoms with Gasteiger partial charge in [-0.2, -0.15) is 0 Å². The van der Waals surface area contributed by atoms with Crippen LogP contribution in [0.25, 0.3) is 0 Å². The van der Waals surface area contributed by atoms with E-state index >= 15 is 0 Å². The van der Waals surface area contributed by atoms with Crippen molar-refractivity contribution in [1.82, 2.24) is 4.90 Å². The molecule has 0 aromatic heterocycles. The molecular weight excluding hydrogens is 256 g/mol. The van der Waals surface area contributed by atoms with Crippen molar-refractivity contribution in [2.24, 2.45) is 0 Å². The van der Waals surface area contributed by atoms with Crippen LogP contribution in [0, 0.1) is 0 Å². The summed E-state index contributed by atoms with van der Waals surface area (Å²) in [5, 5.41) is 0. The highest BCUT2D eigenvalue weighted by atomic mass is 16.5. The van der Waals surface area contributed by atoms with Gasteiger partial charge in [-0.15, -0.1) is 0 Å². The first-order valence-electron chi connectivity index (χ1n) is 6.86. The van der Waals surface area contributed by atoms with E-state index in [1.807, 2.05) is 25.1 Å². The average Bonchev–Trinajstić information content (AvgIpc) is 2.53. The van der Waals surface area contributed by atoms with Crippen LogP contribution in [0.15, 0.2) is 24.3 Å². The molecule has 1 heterocycles. The van der Waals surface area contributed by atoms with Gasteiger partial charge >= 0.3 is 5.97 Å². The molecule has 1 aromatic carbocycles. The lowest BCUT2D eigenvalue weighted by Gasteiger charge is -2.38. The molecular formula is C15H22N2O3. The van der Waals surface area contributed by atoms with Gasteiger partial charge in [0.05, 0.1) is 14.2 Å². The molecule has 20 heavy (non-hydrogen) atoms. The lowest BCUT2D eigenvalue weighted by Crippen LogP contribution is -2.52. The van der Waals surface area contributed by atoms with Crippen LogP contribution in [0.5, 0.6) is 5.75 Å². The predicted octanol–water partition coefficient (Wildman–Crippen LogP) is 1.38. The fourth-order valence-electron chi connectivity index (χ4n) is 2.49. The number of esters is 1. The molecule has 1 atom stereocenters. The maximum Gasteiger partial charge on any atom is 0.322 e. The highest BCUT2D eigenvalue weighted by Gasteiger charge is 2.26. The van der Waals surface area contributed by atoms with E-state index in [0.717, 1.165) is 37.6 Å². The number of carbonyl (C=O) groups excluding carboxylic acids is 1. The Bertz CT molecular complexity index is 456. The molecule has 110 valence electrons. The average molecular weight is 278 g/mol. The third kappa shape index (κ3) is 3.22. The lowest BCUT2D eigenvalue weighted by molar-refractivity contribution is -0.146. The number of rotatable bonds is 4. The zero-order valence-corrected chi connectivity index (χ0v) is 12.3. The minimum absolute atomic E-state index is 0.167. The van der Waals surface area contributed by atoms with E-state index in [1.54, 1.807) is 7.11 Å². The van der Waals surface area contributed by atoms with Crippen molar-refractivity contribution in [2.75, 3.05) is 45.3 Å². The number of benzene rings is 1. The summed E-state index contributed by atoms with van der Waals surface area (Å²) >= 11 is 0. The zero-order valence-electron chi connectivity index (χ0n) is 12.3. The van der Waals surface area contributed by atoms with E-state index in [1.165, 1.54) is 7.11 Å². The van der Waals surface area contributed by atoms with Crippen molar-refractivity contribution < 1.29 is 14.3 Å². The van der Waals surface area contributed by atoms with E-state index in [4.69, 9.17) is 9.47 Å². The van der Waals surface area contributed by atoms with Crippen LogP contribution in [0.4, 0.5) is 5.69 Å². The Morgan fingerprint density at radius 2 is 1.90 bits per heavy atom. The number of anilines is 1. The molecule has 0 amide bonds. The lowest BCUT2D eigenvalue weighted by atomic mass is 10.2. The Hall–Kier alpha value is -1.75. The molecule has 0 spiro atoms. The smallest absolute Gasteiger partial charge is 0.322 e. The molecule has 1 unspecified atom stereocenters. The number of ether oxygens (including phenoxy) is 2. The van der Waals surface area contributed by atoms with Gasteiger partial charge in [-0.1, -0.05) is 6.07 Å². The van der Waals surface area contributed by atoms with E-state index in [9.17, 15) is 4.79 Å². The number of carbonyl (C=O) groups is 1. The molecule has 5 heteroatoms. The quantitative estimate of drug-likeness (QED) is 0.778. The number of hydrogen-bond donors (Lipinski definition) is 0. The van der Waals surface area contributed by atoms with Gasteiger partial charge in [-0.05, 0) is 19.1 Å². The summed E-state index contributed by atoms with van der Waals surface area (Å²) in [7, 11) is 3.11. The Kier molecular flexibility index (Phi) is 4.84. The summed E-state index contributed by atoms with van der Waals surface area (Å²) in [5.41, 5.74) is 1.16. The van der Waals surface area contributed by atoms with E-state index in [0.29, 0.717) is 0 Å². The van der Waals surface area contributed by atoms with Crippen molar-refractivity contribution >= 4 is 11.7 Å². The number of piperazine rings is 1. The van der Waals surface area contributed by atoms with E-state index in [2.05, 4.69) is 15.9 Å². The molecule has 0 N–H and O–H groups in total. The van der Waals surface area contributed by atoms with Crippen LogP contribution >= 0.6 is 0 Å². The third-order valence-electron chi connectivity index (χ3n) is 3.82. The Labute approximate surface area is 120 Å². The molecule has 0 bridgehead atoms. The molecule has 1 fully saturated rings. The second-order valence-electron chi connectivity index (χ2n) is 4.92. The van der Waals surface area contributed by atoms with Crippen LogP contribution in [-0.2, 0) is 9.53 Å². The zero-order chi connectivity index (χ0) is 14.5. The predicted molar refractivity (Wildman–Crippen MR) is 78.3 cm³/mol. The van der Waals surface area contributed by atoms with Crippen molar-refractivity contribution in [3.05, 3.63) is 24.3 Å². The van der Waals surface area contributed by atoms with E-state index < -0.39 is 0 Å². The van der Waals surface area contributed by atoms with Gasteiger partial charge in [0.1, 0.15) is 11.8 Å². The highest BCUT2D eigenvalue weighted by Crippen LogP contribution is 2.22. The summed E-state index contributed by atoms with van der Waals surface area (Å²) in [5.74, 6) is 0.702. The second-order valence-corrected chi connectivity index (χ2v) is 4.92. The molecule has 1 aliphatic heterocycles. The first-order valence-corrected chi connectivity index (χ1v) is 6.86. The van der Waals surface area contributed by atoms with Gasteiger partial charge in [0.2, 0.25) is 0 Å². The fraction of sp³-hybridized carbons (Fsp3) is 0.533. The molecule has 1 aliphatic rings. The van der Waals surface area contributed by atoms with Gasteiger partial charge in [0, 0.05) is 37.9 Å². The summed E-state index contributed by atoms with van der Waals surface area (Å²) < 4.78 is 10.0. The van der Waals surface area contributed by atoms with Crippen molar-refractivity contribution in [2.45, 2.75) is 13.0 Å². The summed E-state index contributed by atoms with van der Waals surface area (Å²) in [6.45, 7) is 5.40. The Morgan fingerprint density at radius 3 is 2.50 bits per heavy atom. The molecule has 0 saturated carbocycles. The van der Waals surface area contributed by atoms with Crippen LogP contribution in [0.2, 0.25) is 0 Å². The van der Waals surface area contributed by atoms with Crippen LogP contribution in [-0.4, -0.2) is 57.3 Å². The molecule has 2 rings (SSSR count). The second kappa shape index (κ2) is 6.61. The number of hydrogen-bond acceptors (Lipinski definition) is 5. The topological polar surface area (TPSA) is 42.0 Å². The Balaban J connectivity index is 1.95. The third-order valence-corrected chi connectivity index (χ3v) is 3.82. The van der Waals surface area contributed by atoms with Crippen LogP contribution in [0.3, 0.4) is 0 Å². The minimum atomic E-state index is -0.174. The number of nitrogens with zero attached hydrogens (tertiary/aromatic N) is 2. The normalized spacial score (nSPS) is 17.6. The highest BCUT2D eigenvalue weighted by molar-refractivity contribution is 5.75. The Morgan fingerprint density at radius 1 is 1.20 bits per heavy atom.